The molecule has 0 saturated heterocycles. The molecule has 6 heteroatoms. The van der Waals surface area contributed by atoms with E-state index in [0.29, 0.717) is 6.54 Å². The van der Waals surface area contributed by atoms with Crippen molar-refractivity contribution in [3.63, 3.8) is 0 Å². The van der Waals surface area contributed by atoms with Gasteiger partial charge in [0.25, 0.3) is 5.91 Å². The number of rotatable bonds is 8. The van der Waals surface area contributed by atoms with Gasteiger partial charge in [-0.15, -0.1) is 11.8 Å². The third-order valence-corrected chi connectivity index (χ3v) is 5.20. The maximum absolute atomic E-state index is 11.7. The van der Waals surface area contributed by atoms with Gasteiger partial charge in [0.2, 0.25) is 0 Å². The number of thioether (sulfide) groups is 1. The molecule has 0 bridgehead atoms. The Hall–Kier alpha value is -1.27. The molecule has 1 aliphatic rings. The fraction of sp³-hybridized carbons (Fsp3) is 0.444. The highest BCUT2D eigenvalue weighted by atomic mass is 79.9. The fourth-order valence-corrected chi connectivity index (χ4v) is 3.37. The normalized spacial score (nSPS) is 14.0. The van der Waals surface area contributed by atoms with Gasteiger partial charge in [0.1, 0.15) is 0 Å². The number of nitrogens with one attached hydrogen (secondary N) is 1. The molecule has 1 aromatic carbocycles. The molecular formula is C18H22BrNO3S. The Balaban J connectivity index is 1.56. The summed E-state index contributed by atoms with van der Waals surface area (Å²) in [6.07, 6.45) is 7.96. The third-order valence-electron chi connectivity index (χ3n) is 3.69. The number of hydrogen-bond acceptors (Lipinski definition) is 4. The van der Waals surface area contributed by atoms with Crippen molar-refractivity contribution < 1.29 is 14.3 Å². The monoisotopic (exact) mass is 411 g/mol. The summed E-state index contributed by atoms with van der Waals surface area (Å²) in [7, 11) is 0. The zero-order valence-corrected chi connectivity index (χ0v) is 16.0. The third kappa shape index (κ3) is 7.53. The Morgan fingerprint density at radius 3 is 2.71 bits per heavy atom. The number of halogens is 1. The van der Waals surface area contributed by atoms with E-state index in [1.165, 1.54) is 30.2 Å². The van der Waals surface area contributed by atoms with Crippen molar-refractivity contribution in [1.82, 2.24) is 5.32 Å². The van der Waals surface area contributed by atoms with Crippen molar-refractivity contribution in [2.45, 2.75) is 37.0 Å². The van der Waals surface area contributed by atoms with Crippen LogP contribution in [0.4, 0.5) is 0 Å². The lowest BCUT2D eigenvalue weighted by Crippen LogP contribution is -2.30. The predicted octanol–water partition coefficient (Wildman–Crippen LogP) is 4.09. The molecule has 2 rings (SSSR count). The first kappa shape index (κ1) is 19.1. The van der Waals surface area contributed by atoms with Gasteiger partial charge in [0.05, 0.1) is 5.75 Å². The number of benzene rings is 1. The molecule has 0 fully saturated rings. The predicted molar refractivity (Wildman–Crippen MR) is 100 cm³/mol. The highest BCUT2D eigenvalue weighted by Gasteiger charge is 2.09. The molecule has 24 heavy (non-hydrogen) atoms. The van der Waals surface area contributed by atoms with E-state index in [4.69, 9.17) is 4.74 Å². The van der Waals surface area contributed by atoms with Crippen molar-refractivity contribution in [2.75, 3.05) is 18.9 Å². The smallest absolute Gasteiger partial charge is 0.316 e. The van der Waals surface area contributed by atoms with Crippen LogP contribution >= 0.6 is 27.7 Å². The second-order valence-electron chi connectivity index (χ2n) is 5.61. The largest absolute Gasteiger partial charge is 0.455 e. The Labute approximate surface area is 155 Å². The van der Waals surface area contributed by atoms with Gasteiger partial charge in [-0.05, 0) is 56.4 Å². The summed E-state index contributed by atoms with van der Waals surface area (Å²) >= 11 is 4.75. The molecule has 0 unspecified atom stereocenters. The van der Waals surface area contributed by atoms with Gasteiger partial charge >= 0.3 is 5.97 Å². The molecule has 0 aromatic heterocycles. The van der Waals surface area contributed by atoms with Gasteiger partial charge in [0, 0.05) is 15.9 Å². The second kappa shape index (κ2) is 10.6. The lowest BCUT2D eigenvalue weighted by atomic mass is 9.97. The number of carbonyl (C=O) groups excluding carboxylic acids is 2. The van der Waals surface area contributed by atoms with Crippen LogP contribution in [0.5, 0.6) is 0 Å². The van der Waals surface area contributed by atoms with Crippen LogP contribution in [0.1, 0.15) is 32.1 Å². The van der Waals surface area contributed by atoms with Crippen LogP contribution in [-0.2, 0) is 14.3 Å². The zero-order valence-electron chi connectivity index (χ0n) is 13.6. The summed E-state index contributed by atoms with van der Waals surface area (Å²) < 4.78 is 5.99. The summed E-state index contributed by atoms with van der Waals surface area (Å²) in [4.78, 5) is 24.3. The van der Waals surface area contributed by atoms with Crippen LogP contribution in [0.2, 0.25) is 0 Å². The Kier molecular flexibility index (Phi) is 8.39. The maximum Gasteiger partial charge on any atom is 0.316 e. The molecule has 1 aromatic rings. The molecule has 4 nitrogen and oxygen atoms in total. The highest BCUT2D eigenvalue weighted by Crippen LogP contribution is 2.21. The number of carbonyl (C=O) groups is 2. The quantitative estimate of drug-likeness (QED) is 0.397. The molecule has 130 valence electrons. The van der Waals surface area contributed by atoms with Gasteiger partial charge in [-0.2, -0.15) is 0 Å². The first-order chi connectivity index (χ1) is 11.6. The Morgan fingerprint density at radius 1 is 1.21 bits per heavy atom. The van der Waals surface area contributed by atoms with Crippen molar-refractivity contribution in [2.24, 2.45) is 0 Å². The summed E-state index contributed by atoms with van der Waals surface area (Å²) in [6, 6.07) is 7.69. The molecule has 0 aliphatic heterocycles. The lowest BCUT2D eigenvalue weighted by molar-refractivity contribution is -0.145. The van der Waals surface area contributed by atoms with Crippen molar-refractivity contribution in [1.29, 1.82) is 0 Å². The molecule has 0 spiro atoms. The van der Waals surface area contributed by atoms with E-state index in [1.54, 1.807) is 0 Å². The average molecular weight is 412 g/mol. The van der Waals surface area contributed by atoms with E-state index >= 15 is 0 Å². The molecule has 1 N–H and O–H groups in total. The Bertz CT molecular complexity index is 586. The van der Waals surface area contributed by atoms with E-state index in [2.05, 4.69) is 27.3 Å². The molecule has 0 radical (unpaired) electrons. The molecule has 0 saturated carbocycles. The number of ether oxygens (including phenoxy) is 1. The second-order valence-corrected chi connectivity index (χ2v) is 7.58. The first-order valence-corrected chi connectivity index (χ1v) is 9.90. The highest BCUT2D eigenvalue weighted by molar-refractivity contribution is 9.10. The molecule has 1 amide bonds. The van der Waals surface area contributed by atoms with Crippen LogP contribution in [0, 0.1) is 0 Å². The maximum atomic E-state index is 11.7. The van der Waals surface area contributed by atoms with Crippen LogP contribution in [0.15, 0.2) is 45.3 Å². The van der Waals surface area contributed by atoms with E-state index in [1.807, 2.05) is 24.3 Å². The average Bonchev–Trinajstić information content (AvgIpc) is 2.60. The number of esters is 1. The van der Waals surface area contributed by atoms with E-state index in [0.717, 1.165) is 28.6 Å². The minimum atomic E-state index is -0.381. The molecule has 1 aliphatic carbocycles. The number of hydrogen-bond donors (Lipinski definition) is 1. The van der Waals surface area contributed by atoms with Crippen molar-refractivity contribution in [3.8, 4) is 0 Å². The standard InChI is InChI=1S/C18H22BrNO3S/c19-15-6-8-16(9-7-15)24-13-18(22)23-12-17(21)20-11-10-14-4-2-1-3-5-14/h4,6-9H,1-3,5,10-13H2,(H,20,21). The van der Waals surface area contributed by atoms with Crippen molar-refractivity contribution in [3.05, 3.63) is 40.4 Å². The van der Waals surface area contributed by atoms with Crippen molar-refractivity contribution >= 4 is 39.6 Å². The van der Waals surface area contributed by atoms with E-state index < -0.39 is 0 Å². The molecule has 0 heterocycles. The number of allylic oxidation sites excluding steroid dienone is 1. The van der Waals surface area contributed by atoms with Crippen LogP contribution < -0.4 is 5.32 Å². The van der Waals surface area contributed by atoms with E-state index in [9.17, 15) is 9.59 Å². The number of amides is 1. The summed E-state index contributed by atoms with van der Waals surface area (Å²) in [6.45, 7) is 0.397. The van der Waals surface area contributed by atoms with Gasteiger partial charge in [-0.3, -0.25) is 9.59 Å². The van der Waals surface area contributed by atoms with Gasteiger partial charge < -0.3 is 10.1 Å². The molecular weight excluding hydrogens is 390 g/mol. The minimum absolute atomic E-state index is 0.196. The van der Waals surface area contributed by atoms with Gasteiger partial charge in [-0.1, -0.05) is 27.6 Å². The van der Waals surface area contributed by atoms with Crippen LogP contribution in [0.3, 0.4) is 0 Å². The minimum Gasteiger partial charge on any atom is -0.455 e. The first-order valence-electron chi connectivity index (χ1n) is 8.12. The SMILES string of the molecule is O=C(COC(=O)CSc1ccc(Br)cc1)NCCC1=CCCCC1. The van der Waals surface area contributed by atoms with E-state index in [-0.39, 0.29) is 24.2 Å². The summed E-state index contributed by atoms with van der Waals surface area (Å²) in [5.74, 6) is -0.427. The summed E-state index contributed by atoms with van der Waals surface area (Å²) in [5, 5.41) is 2.80. The zero-order chi connectivity index (χ0) is 17.2. The Morgan fingerprint density at radius 2 is 2.00 bits per heavy atom. The van der Waals surface area contributed by atoms with Crippen LogP contribution in [0.25, 0.3) is 0 Å². The topological polar surface area (TPSA) is 55.4 Å². The summed E-state index contributed by atoms with van der Waals surface area (Å²) in [5.41, 5.74) is 1.42. The fourth-order valence-electron chi connectivity index (χ4n) is 2.41. The van der Waals surface area contributed by atoms with Gasteiger partial charge in [0.15, 0.2) is 6.61 Å². The lowest BCUT2D eigenvalue weighted by Gasteiger charge is -2.13. The van der Waals surface area contributed by atoms with Gasteiger partial charge in [-0.25, -0.2) is 0 Å². The van der Waals surface area contributed by atoms with Crippen LogP contribution in [-0.4, -0.2) is 30.8 Å². The molecule has 0 atom stereocenters.